The minimum atomic E-state index is 0.544. The van der Waals surface area contributed by atoms with Crippen LogP contribution in [0.15, 0.2) is 34.7 Å². The van der Waals surface area contributed by atoms with Crippen molar-refractivity contribution in [2.75, 3.05) is 0 Å². The zero-order valence-electron chi connectivity index (χ0n) is 8.62. The van der Waals surface area contributed by atoms with Crippen LogP contribution in [0, 0.1) is 0 Å². The molecule has 0 N–H and O–H groups in total. The first-order valence-electron chi connectivity index (χ1n) is 4.74. The lowest BCUT2D eigenvalue weighted by Gasteiger charge is -1.94. The summed E-state index contributed by atoms with van der Waals surface area (Å²) in [5.41, 5.74) is 1.00. The Balaban J connectivity index is 2.21. The Morgan fingerprint density at radius 1 is 1.27 bits per heavy atom. The van der Waals surface area contributed by atoms with Gasteiger partial charge in [-0.1, -0.05) is 43.8 Å². The number of nitrogens with zero attached hydrogens (tertiary/aromatic N) is 3. The monoisotopic (exact) mass is 238 g/mol. The number of hydrogen-bond acceptors (Lipinski definition) is 4. The van der Waals surface area contributed by atoms with E-state index in [4.69, 9.17) is 0 Å². The van der Waals surface area contributed by atoms with Crippen molar-refractivity contribution in [3.05, 3.63) is 30.3 Å². The molecule has 0 fully saturated rings. The molecule has 2 rings (SSSR count). The molecule has 1 aromatic heterocycles. The fourth-order valence-electron chi connectivity index (χ4n) is 1.10. The van der Waals surface area contributed by atoms with Crippen molar-refractivity contribution >= 4 is 23.3 Å². The zero-order chi connectivity index (χ0) is 10.7. The standard InChI is InChI=1S/C10H12N3S2/c1-8(2)14-10-11-13(12-15-10)9-6-4-3-5-7-9/h3-8H,1-2H3/q+1. The lowest BCUT2D eigenvalue weighted by Crippen LogP contribution is -2.35. The number of benzene rings is 1. The van der Waals surface area contributed by atoms with Gasteiger partial charge in [0.15, 0.2) is 0 Å². The molecule has 0 saturated heterocycles. The maximum atomic E-state index is 4.41. The van der Waals surface area contributed by atoms with Gasteiger partial charge in [-0.25, -0.2) is 0 Å². The van der Waals surface area contributed by atoms with Gasteiger partial charge in [-0.15, -0.1) is 0 Å². The summed E-state index contributed by atoms with van der Waals surface area (Å²) in [5, 5.41) is 4.95. The van der Waals surface area contributed by atoms with Crippen molar-refractivity contribution in [2.24, 2.45) is 0 Å². The highest BCUT2D eigenvalue weighted by molar-refractivity contribution is 8.01. The molecule has 1 aromatic carbocycles. The highest BCUT2D eigenvalue weighted by atomic mass is 32.2. The molecule has 0 radical (unpaired) electrons. The minimum Gasteiger partial charge on any atom is -0.0847 e. The molecule has 78 valence electrons. The number of para-hydroxylation sites is 1. The minimum absolute atomic E-state index is 0.544. The van der Waals surface area contributed by atoms with E-state index in [-0.39, 0.29) is 0 Å². The Labute approximate surface area is 97.3 Å². The normalized spacial score (nSPS) is 10.9. The highest BCUT2D eigenvalue weighted by Crippen LogP contribution is 2.21. The molecule has 0 aliphatic rings. The van der Waals surface area contributed by atoms with E-state index in [2.05, 4.69) is 23.4 Å². The first-order valence-corrected chi connectivity index (χ1v) is 6.39. The van der Waals surface area contributed by atoms with Crippen molar-refractivity contribution in [2.45, 2.75) is 23.4 Å². The van der Waals surface area contributed by atoms with Crippen molar-refractivity contribution < 1.29 is 4.80 Å². The number of aromatic nitrogens is 3. The molecule has 0 aliphatic heterocycles. The smallest absolute Gasteiger partial charge is 0.0847 e. The molecule has 0 atom stereocenters. The first kappa shape index (κ1) is 10.6. The quantitative estimate of drug-likeness (QED) is 0.607. The topological polar surface area (TPSA) is 29.7 Å². The van der Waals surface area contributed by atoms with E-state index in [0.717, 1.165) is 10.0 Å². The van der Waals surface area contributed by atoms with Crippen LogP contribution in [-0.4, -0.2) is 14.8 Å². The van der Waals surface area contributed by atoms with Gasteiger partial charge in [-0.3, -0.25) is 0 Å². The summed E-state index contributed by atoms with van der Waals surface area (Å²) in [7, 11) is 0. The predicted octanol–water partition coefficient (Wildman–Crippen LogP) is 2.32. The Hall–Kier alpha value is -0.940. The molecular formula is C10H12N3S2+. The van der Waals surface area contributed by atoms with E-state index in [1.807, 2.05) is 30.3 Å². The zero-order valence-corrected chi connectivity index (χ0v) is 10.3. The molecule has 0 bridgehead atoms. The molecule has 0 spiro atoms. The van der Waals surface area contributed by atoms with E-state index in [0.29, 0.717) is 5.25 Å². The third-order valence-corrected chi connectivity index (χ3v) is 3.44. The van der Waals surface area contributed by atoms with Crippen LogP contribution in [0.2, 0.25) is 0 Å². The lowest BCUT2D eigenvalue weighted by atomic mass is 10.3. The van der Waals surface area contributed by atoms with Gasteiger partial charge in [0.1, 0.15) is 0 Å². The van der Waals surface area contributed by atoms with Gasteiger partial charge in [0.25, 0.3) is 5.69 Å². The SMILES string of the molecule is CC(C)Sc1n[n+](-c2ccccc2)ns1. The molecule has 5 heteroatoms. The Morgan fingerprint density at radius 3 is 2.67 bits per heavy atom. The lowest BCUT2D eigenvalue weighted by molar-refractivity contribution is -0.712. The molecule has 0 aliphatic carbocycles. The van der Waals surface area contributed by atoms with Crippen molar-refractivity contribution in [3.63, 3.8) is 0 Å². The third kappa shape index (κ3) is 2.76. The molecule has 3 nitrogen and oxygen atoms in total. The van der Waals surface area contributed by atoms with Gasteiger partial charge >= 0.3 is 0 Å². The maximum absolute atomic E-state index is 4.41. The van der Waals surface area contributed by atoms with E-state index >= 15 is 0 Å². The third-order valence-electron chi connectivity index (χ3n) is 1.70. The van der Waals surface area contributed by atoms with Gasteiger partial charge in [-0.2, -0.15) is 0 Å². The van der Waals surface area contributed by atoms with Crippen LogP contribution in [-0.2, 0) is 0 Å². The Morgan fingerprint density at radius 2 is 2.00 bits per heavy atom. The number of thioether (sulfide) groups is 1. The van der Waals surface area contributed by atoms with Crippen LogP contribution in [0.3, 0.4) is 0 Å². The second kappa shape index (κ2) is 4.72. The van der Waals surface area contributed by atoms with Crippen LogP contribution in [0.5, 0.6) is 0 Å². The average molecular weight is 238 g/mol. The Bertz CT molecular complexity index is 425. The second-order valence-corrected chi connectivity index (χ2v) is 5.89. The van der Waals surface area contributed by atoms with Gasteiger partial charge in [-0.05, 0) is 0 Å². The molecule has 1 heterocycles. The van der Waals surface area contributed by atoms with Gasteiger partial charge in [0.2, 0.25) is 4.34 Å². The van der Waals surface area contributed by atoms with E-state index in [1.165, 1.54) is 11.5 Å². The van der Waals surface area contributed by atoms with Crippen molar-refractivity contribution in [1.82, 2.24) is 9.59 Å². The predicted molar refractivity (Wildman–Crippen MR) is 62.4 cm³/mol. The van der Waals surface area contributed by atoms with Gasteiger partial charge < -0.3 is 0 Å². The second-order valence-electron chi connectivity index (χ2n) is 3.33. The van der Waals surface area contributed by atoms with Crippen LogP contribution in [0.25, 0.3) is 5.69 Å². The van der Waals surface area contributed by atoms with Gasteiger partial charge in [0.05, 0.1) is 25.9 Å². The van der Waals surface area contributed by atoms with E-state index < -0.39 is 0 Å². The molecule has 0 saturated carbocycles. The summed E-state index contributed by atoms with van der Waals surface area (Å²) >= 11 is 3.18. The number of hydrogen-bond donors (Lipinski definition) is 0. The van der Waals surface area contributed by atoms with Gasteiger partial charge in [0, 0.05) is 17.4 Å². The molecule has 15 heavy (non-hydrogen) atoms. The summed E-state index contributed by atoms with van der Waals surface area (Å²) in [6.45, 7) is 4.30. The highest BCUT2D eigenvalue weighted by Gasteiger charge is 2.15. The first-order chi connectivity index (χ1) is 7.25. The van der Waals surface area contributed by atoms with Crippen molar-refractivity contribution in [3.8, 4) is 5.69 Å². The van der Waals surface area contributed by atoms with Crippen LogP contribution >= 0.6 is 23.3 Å². The van der Waals surface area contributed by atoms with Crippen LogP contribution < -0.4 is 4.80 Å². The number of rotatable bonds is 3. The maximum Gasteiger partial charge on any atom is 0.269 e. The molecule has 2 aromatic rings. The summed E-state index contributed by atoms with van der Waals surface area (Å²) in [4.78, 5) is 1.68. The fraction of sp³-hybridized carbons (Fsp3) is 0.300. The summed E-state index contributed by atoms with van der Waals surface area (Å²) in [5.74, 6) is 0. The van der Waals surface area contributed by atoms with E-state index in [9.17, 15) is 0 Å². The molecule has 0 unspecified atom stereocenters. The fourth-order valence-corrected chi connectivity index (χ4v) is 2.87. The van der Waals surface area contributed by atoms with E-state index in [1.54, 1.807) is 16.6 Å². The summed E-state index contributed by atoms with van der Waals surface area (Å²) < 4.78 is 5.27. The van der Waals surface area contributed by atoms with Crippen LogP contribution in [0.4, 0.5) is 0 Å². The molecular weight excluding hydrogens is 226 g/mol. The summed E-state index contributed by atoms with van der Waals surface area (Å²) in [6.07, 6.45) is 0. The average Bonchev–Trinajstić information content (AvgIpc) is 2.67. The summed E-state index contributed by atoms with van der Waals surface area (Å²) in [6, 6.07) is 9.95. The molecule has 0 amide bonds. The largest absolute Gasteiger partial charge is 0.269 e. The van der Waals surface area contributed by atoms with Crippen LogP contribution in [0.1, 0.15) is 13.8 Å². The van der Waals surface area contributed by atoms with Crippen molar-refractivity contribution in [1.29, 1.82) is 0 Å². The Kier molecular flexibility index (Phi) is 3.33.